The second-order valence-corrected chi connectivity index (χ2v) is 8.45. The van der Waals surface area contributed by atoms with Crippen LogP contribution >= 0.6 is 0 Å². The highest BCUT2D eigenvalue weighted by Gasteiger charge is 2.27. The van der Waals surface area contributed by atoms with Gasteiger partial charge in [-0.1, -0.05) is 12.1 Å². The summed E-state index contributed by atoms with van der Waals surface area (Å²) < 4.78 is 31.5. The van der Waals surface area contributed by atoms with Gasteiger partial charge in [-0.15, -0.1) is 0 Å². The number of benzene rings is 2. The van der Waals surface area contributed by atoms with E-state index in [1.54, 1.807) is 12.1 Å². The zero-order chi connectivity index (χ0) is 21.9. The van der Waals surface area contributed by atoms with E-state index in [1.807, 2.05) is 0 Å². The molecule has 1 saturated carbocycles. The molecule has 0 saturated heterocycles. The van der Waals surface area contributed by atoms with E-state index in [2.05, 4.69) is 14.8 Å². The number of nitrogens with one attached hydrogen (secondary N) is 2. The minimum absolute atomic E-state index is 0.00113. The van der Waals surface area contributed by atoms with Crippen LogP contribution in [-0.4, -0.2) is 38.4 Å². The van der Waals surface area contributed by atoms with Crippen molar-refractivity contribution in [3.05, 3.63) is 69.3 Å². The lowest BCUT2D eigenvalue weighted by Crippen LogP contribution is -2.26. The van der Waals surface area contributed by atoms with Crippen LogP contribution in [0, 0.1) is 10.1 Å². The smallest absolute Gasteiger partial charge is 0.338 e. The Balaban J connectivity index is 1.70. The Hall–Kier alpha value is -3.31. The molecule has 11 heteroatoms. The summed E-state index contributed by atoms with van der Waals surface area (Å²) in [5.41, 5.74) is 0.0279. The Morgan fingerprint density at radius 3 is 2.33 bits per heavy atom. The molecule has 0 aliphatic heterocycles. The fraction of sp³-hybridized carbons (Fsp3) is 0.263. The Morgan fingerprint density at radius 1 is 1.13 bits per heavy atom. The molecule has 1 aliphatic rings. The number of hydrogen-bond donors (Lipinski definition) is 2. The number of methoxy groups -OCH3 is 1. The number of amides is 1. The van der Waals surface area contributed by atoms with Gasteiger partial charge in [0.15, 0.2) is 0 Å². The standard InChI is InChI=1S/C19H19N3O7S/c1-29-19(24)14-8-13(9-16(10-14)22(25)26)18(23)20-11-12-2-6-17(7-3-12)30(27,28)21-15-4-5-15/h2-3,6-10,15,21H,4-5,11H2,1H3,(H,20,23). The molecule has 0 bridgehead atoms. The number of sulfonamides is 1. The van der Waals surface area contributed by atoms with Gasteiger partial charge in [0.25, 0.3) is 11.6 Å². The topological polar surface area (TPSA) is 145 Å². The molecule has 2 N–H and O–H groups in total. The van der Waals surface area contributed by atoms with Crippen LogP contribution in [0.2, 0.25) is 0 Å². The highest BCUT2D eigenvalue weighted by atomic mass is 32.2. The summed E-state index contributed by atoms with van der Waals surface area (Å²) in [5.74, 6) is -1.43. The summed E-state index contributed by atoms with van der Waals surface area (Å²) in [6.07, 6.45) is 1.66. The molecule has 3 rings (SSSR count). The summed E-state index contributed by atoms with van der Waals surface area (Å²) in [7, 11) is -2.43. The third-order valence-electron chi connectivity index (χ3n) is 4.40. The highest BCUT2D eigenvalue weighted by Crippen LogP contribution is 2.22. The molecule has 0 heterocycles. The third-order valence-corrected chi connectivity index (χ3v) is 5.93. The molecule has 10 nitrogen and oxygen atoms in total. The molecule has 1 aliphatic carbocycles. The number of nitro benzene ring substituents is 1. The van der Waals surface area contributed by atoms with Gasteiger partial charge in [-0.2, -0.15) is 0 Å². The zero-order valence-electron chi connectivity index (χ0n) is 16.0. The van der Waals surface area contributed by atoms with Gasteiger partial charge >= 0.3 is 5.97 Å². The molecule has 2 aromatic carbocycles. The van der Waals surface area contributed by atoms with E-state index in [9.17, 15) is 28.1 Å². The molecule has 0 atom stereocenters. The molecular weight excluding hydrogens is 414 g/mol. The van der Waals surface area contributed by atoms with E-state index in [1.165, 1.54) is 18.2 Å². The number of nitrogens with zero attached hydrogens (tertiary/aromatic N) is 1. The minimum Gasteiger partial charge on any atom is -0.465 e. The summed E-state index contributed by atoms with van der Waals surface area (Å²) >= 11 is 0. The van der Waals surface area contributed by atoms with E-state index in [0.29, 0.717) is 5.56 Å². The quantitative estimate of drug-likeness (QED) is 0.366. The van der Waals surface area contributed by atoms with E-state index >= 15 is 0 Å². The summed E-state index contributed by atoms with van der Waals surface area (Å²) in [6, 6.07) is 9.29. The first-order valence-electron chi connectivity index (χ1n) is 8.97. The van der Waals surface area contributed by atoms with Crippen LogP contribution in [0.4, 0.5) is 5.69 Å². The van der Waals surface area contributed by atoms with Crippen molar-refractivity contribution in [3.8, 4) is 0 Å². The minimum atomic E-state index is -3.56. The van der Waals surface area contributed by atoms with Gasteiger partial charge in [-0.25, -0.2) is 17.9 Å². The van der Waals surface area contributed by atoms with Crippen LogP contribution < -0.4 is 10.0 Å². The summed E-state index contributed by atoms with van der Waals surface area (Å²) in [5, 5.41) is 13.7. The van der Waals surface area contributed by atoms with Gasteiger partial charge < -0.3 is 10.1 Å². The molecule has 158 valence electrons. The van der Waals surface area contributed by atoms with E-state index in [0.717, 1.165) is 32.1 Å². The van der Waals surface area contributed by atoms with Crippen molar-refractivity contribution in [2.24, 2.45) is 0 Å². The predicted molar refractivity (Wildman–Crippen MR) is 105 cm³/mol. The molecule has 0 unspecified atom stereocenters. The van der Waals surface area contributed by atoms with E-state index < -0.39 is 32.5 Å². The van der Waals surface area contributed by atoms with Crippen molar-refractivity contribution >= 4 is 27.6 Å². The normalized spacial score (nSPS) is 13.5. The van der Waals surface area contributed by atoms with Gasteiger partial charge in [0, 0.05) is 30.3 Å². The number of nitro groups is 1. The molecular formula is C19H19N3O7S. The SMILES string of the molecule is COC(=O)c1cc(C(=O)NCc2ccc(S(=O)(=O)NC3CC3)cc2)cc([N+](=O)[O-])c1. The molecule has 0 radical (unpaired) electrons. The highest BCUT2D eigenvalue weighted by molar-refractivity contribution is 7.89. The first-order valence-corrected chi connectivity index (χ1v) is 10.4. The monoisotopic (exact) mass is 433 g/mol. The number of hydrogen-bond acceptors (Lipinski definition) is 7. The average Bonchev–Trinajstić information content (AvgIpc) is 3.54. The Morgan fingerprint density at radius 2 is 1.77 bits per heavy atom. The maximum Gasteiger partial charge on any atom is 0.338 e. The predicted octanol–water partition coefficient (Wildman–Crippen LogP) is 1.75. The van der Waals surface area contributed by atoms with Gasteiger partial charge in [-0.05, 0) is 36.6 Å². The molecule has 0 spiro atoms. The maximum atomic E-state index is 12.4. The fourth-order valence-corrected chi connectivity index (χ4v) is 3.95. The molecule has 30 heavy (non-hydrogen) atoms. The molecule has 2 aromatic rings. The lowest BCUT2D eigenvalue weighted by atomic mass is 10.1. The first-order chi connectivity index (χ1) is 14.2. The second-order valence-electron chi connectivity index (χ2n) is 6.74. The fourth-order valence-electron chi connectivity index (χ4n) is 2.64. The Bertz CT molecular complexity index is 1090. The van der Waals surface area contributed by atoms with Crippen LogP contribution in [0.25, 0.3) is 0 Å². The van der Waals surface area contributed by atoms with Gasteiger partial charge in [-0.3, -0.25) is 14.9 Å². The number of esters is 1. The zero-order valence-corrected chi connectivity index (χ0v) is 16.8. The number of carbonyl (C=O) groups excluding carboxylic acids is 2. The molecule has 1 amide bonds. The van der Waals surface area contributed by atoms with Gasteiger partial charge in [0.05, 0.1) is 22.5 Å². The van der Waals surface area contributed by atoms with Crippen molar-refractivity contribution in [1.29, 1.82) is 0 Å². The van der Waals surface area contributed by atoms with E-state index in [4.69, 9.17) is 0 Å². The van der Waals surface area contributed by atoms with Crippen molar-refractivity contribution in [1.82, 2.24) is 10.0 Å². The average molecular weight is 433 g/mol. The van der Waals surface area contributed by atoms with Crippen LogP contribution in [-0.2, 0) is 21.3 Å². The second kappa shape index (κ2) is 8.59. The molecule has 1 fully saturated rings. The number of carbonyl (C=O) groups is 2. The lowest BCUT2D eigenvalue weighted by molar-refractivity contribution is -0.384. The van der Waals surface area contributed by atoms with Crippen LogP contribution in [0.5, 0.6) is 0 Å². The number of non-ortho nitro benzene ring substituents is 1. The van der Waals surface area contributed by atoms with Crippen LogP contribution in [0.3, 0.4) is 0 Å². The first kappa shape index (κ1) is 21.4. The lowest BCUT2D eigenvalue weighted by Gasteiger charge is -2.09. The van der Waals surface area contributed by atoms with Crippen molar-refractivity contribution in [3.63, 3.8) is 0 Å². The van der Waals surface area contributed by atoms with Crippen LogP contribution in [0.15, 0.2) is 47.4 Å². The van der Waals surface area contributed by atoms with Gasteiger partial charge in [0.2, 0.25) is 10.0 Å². The number of rotatable bonds is 8. The summed E-state index contributed by atoms with van der Waals surface area (Å²) in [6.45, 7) is 0.0610. The maximum absolute atomic E-state index is 12.4. The van der Waals surface area contributed by atoms with Crippen molar-refractivity contribution in [2.45, 2.75) is 30.3 Å². The van der Waals surface area contributed by atoms with Crippen molar-refractivity contribution < 1.29 is 27.7 Å². The van der Waals surface area contributed by atoms with Crippen LogP contribution in [0.1, 0.15) is 39.1 Å². The molecule has 0 aromatic heterocycles. The van der Waals surface area contributed by atoms with Gasteiger partial charge in [0.1, 0.15) is 0 Å². The van der Waals surface area contributed by atoms with E-state index in [-0.39, 0.29) is 28.6 Å². The van der Waals surface area contributed by atoms with Crippen molar-refractivity contribution in [2.75, 3.05) is 7.11 Å². The Kier molecular flexibility index (Phi) is 6.13. The largest absolute Gasteiger partial charge is 0.465 e. The Labute approximate surface area is 172 Å². The third kappa shape index (κ3) is 5.19. The number of ether oxygens (including phenoxy) is 1. The summed E-state index contributed by atoms with van der Waals surface area (Å²) in [4.78, 5) is 34.6.